The highest BCUT2D eigenvalue weighted by molar-refractivity contribution is 7.19. The van der Waals surface area contributed by atoms with Gasteiger partial charge in [0.15, 0.2) is 0 Å². The van der Waals surface area contributed by atoms with Gasteiger partial charge in [0.2, 0.25) is 5.91 Å². The fourth-order valence-corrected chi connectivity index (χ4v) is 4.16. The van der Waals surface area contributed by atoms with Gasteiger partial charge in [-0.15, -0.1) is 11.3 Å². The number of nitrogens with two attached hydrogens (primary N) is 1. The third kappa shape index (κ3) is 3.77. The first kappa shape index (κ1) is 17.5. The molecule has 4 rings (SSSR count). The van der Waals surface area contributed by atoms with E-state index in [-0.39, 0.29) is 11.8 Å². The second kappa shape index (κ2) is 7.73. The molecule has 3 heterocycles. The molecule has 0 bridgehead atoms. The van der Waals surface area contributed by atoms with Gasteiger partial charge in [-0.05, 0) is 36.4 Å². The van der Waals surface area contributed by atoms with Crippen LogP contribution in [0.15, 0.2) is 67.0 Å². The highest BCUT2D eigenvalue weighted by Gasteiger charge is 2.16. The van der Waals surface area contributed by atoms with Gasteiger partial charge in [0.25, 0.3) is 0 Å². The largest absolute Gasteiger partial charge is 0.346 e. The molecule has 1 amide bonds. The lowest BCUT2D eigenvalue weighted by atomic mass is 9.95. The Morgan fingerprint density at radius 3 is 2.81 bits per heavy atom. The van der Waals surface area contributed by atoms with Gasteiger partial charge >= 0.3 is 0 Å². The summed E-state index contributed by atoms with van der Waals surface area (Å²) in [5.74, 6) is -0.00506. The number of nitrogens with zero attached hydrogens (tertiary/aromatic N) is 1. The number of rotatable bonds is 6. The van der Waals surface area contributed by atoms with Crippen molar-refractivity contribution in [1.29, 1.82) is 0 Å². The van der Waals surface area contributed by atoms with Crippen LogP contribution >= 0.6 is 11.3 Å². The van der Waals surface area contributed by atoms with Crippen LogP contribution in [0.4, 0.5) is 5.00 Å². The first-order valence-corrected chi connectivity index (χ1v) is 9.63. The molecular formula is C21H20N4OS. The second-order valence-electron chi connectivity index (χ2n) is 6.36. The molecule has 0 aliphatic heterocycles. The van der Waals surface area contributed by atoms with Crippen molar-refractivity contribution < 1.29 is 4.79 Å². The lowest BCUT2D eigenvalue weighted by Crippen LogP contribution is -2.20. The molecule has 4 aromatic rings. The van der Waals surface area contributed by atoms with Gasteiger partial charge in [0.1, 0.15) is 5.65 Å². The van der Waals surface area contributed by atoms with Crippen molar-refractivity contribution in [2.24, 2.45) is 5.73 Å². The number of aromatic nitrogens is 2. The molecule has 0 aliphatic carbocycles. The van der Waals surface area contributed by atoms with Crippen LogP contribution in [0, 0.1) is 0 Å². The van der Waals surface area contributed by atoms with Crippen molar-refractivity contribution in [3.05, 3.63) is 72.6 Å². The number of thiophene rings is 1. The molecule has 0 aliphatic rings. The van der Waals surface area contributed by atoms with Gasteiger partial charge in [0, 0.05) is 40.6 Å². The van der Waals surface area contributed by atoms with Gasteiger partial charge in [-0.3, -0.25) is 4.79 Å². The fraction of sp³-hybridized carbons (Fsp3) is 0.143. The number of benzene rings is 1. The molecule has 6 heteroatoms. The van der Waals surface area contributed by atoms with Crippen molar-refractivity contribution in [1.82, 2.24) is 9.97 Å². The quantitative estimate of drug-likeness (QED) is 0.467. The van der Waals surface area contributed by atoms with Crippen LogP contribution in [0.5, 0.6) is 0 Å². The van der Waals surface area contributed by atoms with E-state index >= 15 is 0 Å². The summed E-state index contributed by atoms with van der Waals surface area (Å²) in [4.78, 5) is 21.0. The van der Waals surface area contributed by atoms with Gasteiger partial charge in [-0.25, -0.2) is 4.98 Å². The lowest BCUT2D eigenvalue weighted by Gasteiger charge is -2.14. The Balaban J connectivity index is 1.48. The zero-order valence-corrected chi connectivity index (χ0v) is 15.5. The number of anilines is 1. The normalized spacial score (nSPS) is 12.2. The van der Waals surface area contributed by atoms with E-state index in [0.29, 0.717) is 13.0 Å². The summed E-state index contributed by atoms with van der Waals surface area (Å²) in [7, 11) is 0. The number of amides is 1. The summed E-state index contributed by atoms with van der Waals surface area (Å²) < 4.78 is 0. The van der Waals surface area contributed by atoms with Gasteiger partial charge in [0.05, 0.1) is 5.00 Å². The minimum absolute atomic E-state index is 0.0188. The molecule has 27 heavy (non-hydrogen) atoms. The summed E-state index contributed by atoms with van der Waals surface area (Å²) >= 11 is 1.56. The fourth-order valence-electron chi connectivity index (χ4n) is 3.20. The second-order valence-corrected chi connectivity index (χ2v) is 7.44. The number of H-pyrrole nitrogens is 1. The molecule has 4 N–H and O–H groups in total. The molecule has 0 saturated heterocycles. The van der Waals surface area contributed by atoms with Crippen molar-refractivity contribution in [2.75, 3.05) is 11.9 Å². The van der Waals surface area contributed by atoms with E-state index in [2.05, 4.69) is 15.3 Å². The summed E-state index contributed by atoms with van der Waals surface area (Å²) in [5, 5.41) is 4.92. The summed E-state index contributed by atoms with van der Waals surface area (Å²) in [5.41, 5.74) is 8.94. The Labute approximate surface area is 161 Å². The lowest BCUT2D eigenvalue weighted by molar-refractivity contribution is -0.116. The Morgan fingerprint density at radius 1 is 1.15 bits per heavy atom. The van der Waals surface area contributed by atoms with E-state index in [4.69, 9.17) is 5.73 Å². The zero-order chi connectivity index (χ0) is 18.6. The van der Waals surface area contributed by atoms with Gasteiger partial charge in [-0.1, -0.05) is 30.3 Å². The predicted molar refractivity (Wildman–Crippen MR) is 111 cm³/mol. The summed E-state index contributed by atoms with van der Waals surface area (Å²) in [6.45, 7) is 0.440. The van der Waals surface area contributed by atoms with E-state index in [1.54, 1.807) is 17.5 Å². The number of fused-ring (bicyclic) bond motifs is 1. The van der Waals surface area contributed by atoms with E-state index < -0.39 is 0 Å². The molecule has 1 atom stereocenters. The van der Waals surface area contributed by atoms with Crippen LogP contribution < -0.4 is 11.1 Å². The number of hydrogen-bond acceptors (Lipinski definition) is 4. The number of carbonyl (C=O) groups is 1. The Hall–Kier alpha value is -2.96. The van der Waals surface area contributed by atoms with Crippen LogP contribution in [0.2, 0.25) is 0 Å². The maximum Gasteiger partial charge on any atom is 0.225 e. The molecule has 0 spiro atoms. The first-order valence-electron chi connectivity index (χ1n) is 8.82. The van der Waals surface area contributed by atoms with Crippen molar-refractivity contribution in [3.8, 4) is 10.4 Å². The van der Waals surface area contributed by atoms with E-state index in [1.165, 1.54) is 0 Å². The number of carbonyl (C=O) groups excluding carboxylic acids is 1. The van der Waals surface area contributed by atoms with Gasteiger partial charge in [-0.2, -0.15) is 0 Å². The zero-order valence-electron chi connectivity index (χ0n) is 14.7. The van der Waals surface area contributed by atoms with Crippen LogP contribution in [0.3, 0.4) is 0 Å². The van der Waals surface area contributed by atoms with Gasteiger partial charge < -0.3 is 16.0 Å². The van der Waals surface area contributed by atoms with Crippen LogP contribution in [0.25, 0.3) is 21.5 Å². The third-order valence-electron chi connectivity index (χ3n) is 4.58. The Morgan fingerprint density at radius 2 is 2.00 bits per heavy atom. The smallest absolute Gasteiger partial charge is 0.225 e. The van der Waals surface area contributed by atoms with Crippen LogP contribution in [-0.4, -0.2) is 22.4 Å². The van der Waals surface area contributed by atoms with Crippen LogP contribution in [0.1, 0.15) is 17.9 Å². The molecule has 0 fully saturated rings. The van der Waals surface area contributed by atoms with E-state index in [9.17, 15) is 4.79 Å². The van der Waals surface area contributed by atoms with Crippen molar-refractivity contribution in [3.63, 3.8) is 0 Å². The third-order valence-corrected chi connectivity index (χ3v) is 5.62. The Kier molecular flexibility index (Phi) is 5.00. The molecule has 3 aromatic heterocycles. The predicted octanol–water partition coefficient (Wildman–Crippen LogP) is 4.36. The minimum Gasteiger partial charge on any atom is -0.346 e. The number of nitrogens with one attached hydrogen (secondary N) is 2. The number of pyridine rings is 1. The first-order chi connectivity index (χ1) is 13.2. The molecule has 1 unspecified atom stereocenters. The monoisotopic (exact) mass is 376 g/mol. The number of aromatic amines is 1. The maximum atomic E-state index is 12.5. The van der Waals surface area contributed by atoms with Crippen molar-refractivity contribution >= 4 is 33.3 Å². The highest BCUT2D eigenvalue weighted by atomic mass is 32.1. The maximum absolute atomic E-state index is 12.5. The Bertz CT molecular complexity index is 1050. The van der Waals surface area contributed by atoms with Crippen molar-refractivity contribution in [2.45, 2.75) is 12.3 Å². The SMILES string of the molecule is NCC(CC(=O)Nc1ccc(-c2ccnc3[nH]ccc23)s1)c1ccccc1. The molecule has 136 valence electrons. The molecule has 5 nitrogen and oxygen atoms in total. The minimum atomic E-state index is -0.0239. The molecule has 1 aromatic carbocycles. The topological polar surface area (TPSA) is 83.8 Å². The van der Waals surface area contributed by atoms with E-state index in [1.807, 2.05) is 60.8 Å². The molecular weight excluding hydrogens is 356 g/mol. The van der Waals surface area contributed by atoms with Crippen LogP contribution in [-0.2, 0) is 4.79 Å². The summed E-state index contributed by atoms with van der Waals surface area (Å²) in [6.07, 6.45) is 4.04. The van der Waals surface area contributed by atoms with E-state index in [0.717, 1.165) is 32.0 Å². The summed E-state index contributed by atoms with van der Waals surface area (Å²) in [6, 6.07) is 17.9. The molecule has 0 saturated carbocycles. The average molecular weight is 376 g/mol. The highest BCUT2D eigenvalue weighted by Crippen LogP contribution is 2.35. The standard InChI is InChI=1S/C21H20N4OS/c22-13-15(14-4-2-1-3-5-14)12-19(26)25-20-7-6-18(27-20)16-8-10-23-21-17(16)9-11-24-21/h1-11,15H,12-13,22H2,(H,23,24)(H,25,26). The number of hydrogen-bond donors (Lipinski definition) is 3. The average Bonchev–Trinajstić information content (AvgIpc) is 3.36. The molecule has 0 radical (unpaired) electrons.